The minimum Gasteiger partial charge on any atom is -0.394 e. The van der Waals surface area contributed by atoms with Crippen LogP contribution in [0.3, 0.4) is 0 Å². The Morgan fingerprint density at radius 2 is 2.24 bits per heavy atom. The van der Waals surface area contributed by atoms with E-state index in [0.717, 1.165) is 0 Å². The fraction of sp³-hybridized carbons (Fsp3) is 0.300. The Kier molecular flexibility index (Phi) is 3.98. The summed E-state index contributed by atoms with van der Waals surface area (Å²) in [7, 11) is 0. The van der Waals surface area contributed by atoms with E-state index >= 15 is 0 Å². The Balaban J connectivity index is 3.19. The Morgan fingerprint density at radius 1 is 1.59 bits per heavy atom. The number of benzene rings is 1. The second-order valence-electron chi connectivity index (χ2n) is 3.49. The number of aliphatic hydroxyl groups excluding tert-OH is 2. The lowest BCUT2D eigenvalue weighted by Crippen LogP contribution is -2.15. The molecule has 1 atom stereocenters. The molecule has 7 heteroatoms. The van der Waals surface area contributed by atoms with E-state index in [0.29, 0.717) is 5.56 Å². The standard InChI is InChI=1S/C10H11N3O4/c11-4-7-1-6(2-8(15)5-14)3-9(12)10(7)13(16)17/h1,3,8,14-15H,2,5,12H2. The molecule has 0 fully saturated rings. The third-order valence-electron chi connectivity index (χ3n) is 2.18. The normalized spacial score (nSPS) is 11.8. The number of nitro groups is 1. The topological polar surface area (TPSA) is 133 Å². The number of rotatable bonds is 4. The van der Waals surface area contributed by atoms with Crippen LogP contribution in [-0.2, 0) is 6.42 Å². The van der Waals surface area contributed by atoms with Gasteiger partial charge in [0.1, 0.15) is 17.3 Å². The van der Waals surface area contributed by atoms with Gasteiger partial charge in [-0.25, -0.2) is 0 Å². The van der Waals surface area contributed by atoms with Gasteiger partial charge in [-0.1, -0.05) is 0 Å². The largest absolute Gasteiger partial charge is 0.394 e. The van der Waals surface area contributed by atoms with Gasteiger partial charge >= 0.3 is 5.69 Å². The highest BCUT2D eigenvalue weighted by Gasteiger charge is 2.20. The van der Waals surface area contributed by atoms with Gasteiger partial charge in [-0.2, -0.15) is 5.26 Å². The second-order valence-corrected chi connectivity index (χ2v) is 3.49. The summed E-state index contributed by atoms with van der Waals surface area (Å²) >= 11 is 0. The van der Waals surface area contributed by atoms with Crippen LogP contribution in [0.2, 0.25) is 0 Å². The van der Waals surface area contributed by atoms with Crippen LogP contribution in [0.4, 0.5) is 11.4 Å². The predicted octanol–water partition coefficient (Wildman–Crippen LogP) is -0.0556. The first-order chi connectivity index (χ1) is 7.99. The van der Waals surface area contributed by atoms with E-state index < -0.39 is 23.3 Å². The molecule has 17 heavy (non-hydrogen) atoms. The average Bonchev–Trinajstić information content (AvgIpc) is 2.27. The van der Waals surface area contributed by atoms with Crippen LogP contribution in [0.5, 0.6) is 0 Å². The summed E-state index contributed by atoms with van der Waals surface area (Å²) in [6.45, 7) is -0.432. The number of nitriles is 1. The molecule has 1 aromatic rings. The first-order valence-electron chi connectivity index (χ1n) is 4.75. The van der Waals surface area contributed by atoms with Crippen molar-refractivity contribution < 1.29 is 15.1 Å². The van der Waals surface area contributed by atoms with Crippen LogP contribution in [-0.4, -0.2) is 27.8 Å². The zero-order chi connectivity index (χ0) is 13.0. The van der Waals surface area contributed by atoms with E-state index in [1.54, 1.807) is 6.07 Å². The van der Waals surface area contributed by atoms with E-state index in [9.17, 15) is 15.2 Å². The zero-order valence-corrected chi connectivity index (χ0v) is 8.83. The Morgan fingerprint density at radius 3 is 2.71 bits per heavy atom. The molecule has 0 amide bonds. The Hall–Kier alpha value is -2.17. The van der Waals surface area contributed by atoms with E-state index in [1.807, 2.05) is 0 Å². The molecule has 0 heterocycles. The highest BCUT2D eigenvalue weighted by Crippen LogP contribution is 2.27. The third kappa shape index (κ3) is 2.90. The number of aliphatic hydroxyl groups is 2. The molecule has 0 saturated carbocycles. The molecule has 0 aliphatic carbocycles. The lowest BCUT2D eigenvalue weighted by molar-refractivity contribution is -0.384. The van der Waals surface area contributed by atoms with Gasteiger partial charge in [0, 0.05) is 6.42 Å². The molecule has 0 aliphatic heterocycles. The first kappa shape index (κ1) is 12.9. The summed E-state index contributed by atoms with van der Waals surface area (Å²) in [5, 5.41) is 37.4. The van der Waals surface area contributed by atoms with Crippen molar-refractivity contribution in [3.8, 4) is 6.07 Å². The van der Waals surface area contributed by atoms with Gasteiger partial charge in [-0.15, -0.1) is 0 Å². The molecule has 0 radical (unpaired) electrons. The third-order valence-corrected chi connectivity index (χ3v) is 2.18. The van der Waals surface area contributed by atoms with Crippen LogP contribution in [0.15, 0.2) is 12.1 Å². The summed E-state index contributed by atoms with van der Waals surface area (Å²) in [4.78, 5) is 9.95. The maximum absolute atomic E-state index is 10.7. The van der Waals surface area contributed by atoms with E-state index in [4.69, 9.17) is 16.1 Å². The lowest BCUT2D eigenvalue weighted by Gasteiger charge is -2.08. The SMILES string of the molecule is N#Cc1cc(CC(O)CO)cc(N)c1[N+](=O)[O-]. The smallest absolute Gasteiger partial charge is 0.309 e. The van der Waals surface area contributed by atoms with Gasteiger partial charge in [0.05, 0.1) is 17.6 Å². The number of nitrogen functional groups attached to an aromatic ring is 1. The summed E-state index contributed by atoms with van der Waals surface area (Å²) < 4.78 is 0. The maximum atomic E-state index is 10.7. The van der Waals surface area contributed by atoms with Crippen molar-refractivity contribution in [2.75, 3.05) is 12.3 Å². The van der Waals surface area contributed by atoms with E-state index in [-0.39, 0.29) is 17.7 Å². The van der Waals surface area contributed by atoms with Crippen molar-refractivity contribution in [3.05, 3.63) is 33.4 Å². The number of nitrogens with zero attached hydrogens (tertiary/aromatic N) is 2. The molecule has 0 bridgehead atoms. The van der Waals surface area contributed by atoms with Crippen molar-refractivity contribution in [1.29, 1.82) is 5.26 Å². The monoisotopic (exact) mass is 237 g/mol. The number of nitro benzene ring substituents is 1. The molecule has 0 spiro atoms. The van der Waals surface area contributed by atoms with Gasteiger partial charge < -0.3 is 15.9 Å². The van der Waals surface area contributed by atoms with Crippen molar-refractivity contribution in [3.63, 3.8) is 0 Å². The summed E-state index contributed by atoms with van der Waals surface area (Å²) in [6, 6.07) is 4.29. The number of hydrogen-bond acceptors (Lipinski definition) is 6. The predicted molar refractivity (Wildman–Crippen MR) is 59.0 cm³/mol. The molecule has 0 aliphatic rings. The number of anilines is 1. The summed E-state index contributed by atoms with van der Waals surface area (Å²) in [6.07, 6.45) is -0.907. The second kappa shape index (κ2) is 5.25. The number of hydrogen-bond donors (Lipinski definition) is 3. The highest BCUT2D eigenvalue weighted by molar-refractivity contribution is 5.67. The van der Waals surface area contributed by atoms with Gasteiger partial charge in [-0.3, -0.25) is 10.1 Å². The highest BCUT2D eigenvalue weighted by atomic mass is 16.6. The molecule has 1 unspecified atom stereocenters. The molecular formula is C10H11N3O4. The fourth-order valence-corrected chi connectivity index (χ4v) is 1.46. The van der Waals surface area contributed by atoms with Crippen LogP contribution < -0.4 is 5.73 Å². The zero-order valence-electron chi connectivity index (χ0n) is 8.83. The van der Waals surface area contributed by atoms with Crippen molar-refractivity contribution in [2.24, 2.45) is 0 Å². The van der Waals surface area contributed by atoms with E-state index in [1.165, 1.54) is 12.1 Å². The van der Waals surface area contributed by atoms with Gasteiger partial charge in [0.25, 0.3) is 0 Å². The molecule has 0 aromatic heterocycles. The molecule has 90 valence electrons. The first-order valence-corrected chi connectivity index (χ1v) is 4.75. The quantitative estimate of drug-likeness (QED) is 0.381. The molecule has 0 saturated heterocycles. The number of nitrogens with two attached hydrogens (primary N) is 1. The molecule has 7 nitrogen and oxygen atoms in total. The molecule has 4 N–H and O–H groups in total. The van der Waals surface area contributed by atoms with Crippen LogP contribution in [0.25, 0.3) is 0 Å². The van der Waals surface area contributed by atoms with Crippen LogP contribution in [0, 0.1) is 21.4 Å². The van der Waals surface area contributed by atoms with Gasteiger partial charge in [0.2, 0.25) is 0 Å². The average molecular weight is 237 g/mol. The molecular weight excluding hydrogens is 226 g/mol. The Bertz CT molecular complexity index is 481. The summed E-state index contributed by atoms with van der Waals surface area (Å²) in [5.74, 6) is 0. The van der Waals surface area contributed by atoms with Crippen molar-refractivity contribution in [2.45, 2.75) is 12.5 Å². The van der Waals surface area contributed by atoms with Crippen molar-refractivity contribution in [1.82, 2.24) is 0 Å². The minimum absolute atomic E-state index is 0.0768. The van der Waals surface area contributed by atoms with Crippen LogP contribution in [0.1, 0.15) is 11.1 Å². The maximum Gasteiger partial charge on any atom is 0.309 e. The van der Waals surface area contributed by atoms with Gasteiger partial charge in [0.15, 0.2) is 0 Å². The summed E-state index contributed by atoms with van der Waals surface area (Å²) in [5.41, 5.74) is 5.22. The Labute approximate surface area is 96.9 Å². The lowest BCUT2D eigenvalue weighted by atomic mass is 10.0. The minimum atomic E-state index is -0.984. The van der Waals surface area contributed by atoms with E-state index in [2.05, 4.69) is 0 Å². The fourth-order valence-electron chi connectivity index (χ4n) is 1.46. The molecule has 1 aromatic carbocycles. The molecule has 1 rings (SSSR count). The van der Waals surface area contributed by atoms with Crippen LogP contribution >= 0.6 is 0 Å². The van der Waals surface area contributed by atoms with Crippen molar-refractivity contribution >= 4 is 11.4 Å². The van der Waals surface area contributed by atoms with Gasteiger partial charge in [-0.05, 0) is 17.7 Å².